The molecule has 0 bridgehead atoms. The van der Waals surface area contributed by atoms with Crippen LogP contribution in [0, 0.1) is 0 Å². The lowest BCUT2D eigenvalue weighted by Crippen LogP contribution is -2.36. The van der Waals surface area contributed by atoms with Crippen molar-refractivity contribution in [3.63, 3.8) is 0 Å². The number of amides is 2. The number of aromatic nitrogens is 2. The van der Waals surface area contributed by atoms with Gasteiger partial charge in [-0.05, 0) is 24.6 Å². The van der Waals surface area contributed by atoms with Crippen LogP contribution in [-0.4, -0.2) is 34.7 Å². The zero-order valence-electron chi connectivity index (χ0n) is 16.3. The fraction of sp³-hybridized carbons (Fsp3) is 0.174. The molecule has 0 saturated heterocycles. The molecule has 0 radical (unpaired) electrons. The SMILES string of the molecule is CCCNC(=O)CNC(=O)/C=C/c1cn(-c2ccccc2)nc1-c1ccccc1. The smallest absolute Gasteiger partial charge is 0.244 e. The summed E-state index contributed by atoms with van der Waals surface area (Å²) in [5.74, 6) is -0.529. The highest BCUT2D eigenvalue weighted by Crippen LogP contribution is 2.24. The number of para-hydroxylation sites is 1. The summed E-state index contributed by atoms with van der Waals surface area (Å²) in [7, 11) is 0. The number of nitrogens with one attached hydrogen (secondary N) is 2. The van der Waals surface area contributed by atoms with Gasteiger partial charge in [-0.2, -0.15) is 5.10 Å². The molecular weight excluding hydrogens is 364 g/mol. The molecule has 0 atom stereocenters. The Labute approximate surface area is 170 Å². The first kappa shape index (κ1) is 20.1. The molecular formula is C23H24N4O2. The van der Waals surface area contributed by atoms with Gasteiger partial charge in [0.15, 0.2) is 0 Å². The summed E-state index contributed by atoms with van der Waals surface area (Å²) in [6, 6.07) is 19.6. The van der Waals surface area contributed by atoms with E-state index in [0.717, 1.165) is 28.9 Å². The van der Waals surface area contributed by atoms with Crippen LogP contribution in [0.25, 0.3) is 23.0 Å². The number of hydrogen-bond donors (Lipinski definition) is 2. The van der Waals surface area contributed by atoms with Gasteiger partial charge in [0.05, 0.1) is 17.9 Å². The monoisotopic (exact) mass is 388 g/mol. The maximum absolute atomic E-state index is 12.1. The van der Waals surface area contributed by atoms with Gasteiger partial charge in [-0.1, -0.05) is 55.5 Å². The first-order chi connectivity index (χ1) is 14.2. The number of hydrogen-bond acceptors (Lipinski definition) is 3. The van der Waals surface area contributed by atoms with Crippen LogP contribution in [0.2, 0.25) is 0 Å². The molecule has 2 amide bonds. The van der Waals surface area contributed by atoms with Crippen LogP contribution in [0.1, 0.15) is 18.9 Å². The van der Waals surface area contributed by atoms with Crippen molar-refractivity contribution < 1.29 is 9.59 Å². The molecule has 0 unspecified atom stereocenters. The van der Waals surface area contributed by atoms with Gasteiger partial charge in [0.25, 0.3) is 0 Å². The summed E-state index contributed by atoms with van der Waals surface area (Å²) in [5, 5.41) is 10.0. The Balaban J connectivity index is 1.78. The van der Waals surface area contributed by atoms with Crippen molar-refractivity contribution in [2.75, 3.05) is 13.1 Å². The van der Waals surface area contributed by atoms with Crippen LogP contribution in [-0.2, 0) is 9.59 Å². The first-order valence-electron chi connectivity index (χ1n) is 9.60. The van der Waals surface area contributed by atoms with Crippen molar-refractivity contribution in [2.45, 2.75) is 13.3 Å². The van der Waals surface area contributed by atoms with E-state index in [9.17, 15) is 9.59 Å². The minimum absolute atomic E-state index is 0.0437. The third-order valence-electron chi connectivity index (χ3n) is 4.22. The Morgan fingerprint density at radius 3 is 2.38 bits per heavy atom. The van der Waals surface area contributed by atoms with E-state index in [1.165, 1.54) is 6.08 Å². The lowest BCUT2D eigenvalue weighted by atomic mass is 10.1. The van der Waals surface area contributed by atoms with Gasteiger partial charge in [-0.25, -0.2) is 4.68 Å². The van der Waals surface area contributed by atoms with E-state index in [1.54, 1.807) is 10.8 Å². The molecule has 0 aliphatic rings. The zero-order valence-corrected chi connectivity index (χ0v) is 16.3. The molecule has 2 aromatic carbocycles. The fourth-order valence-corrected chi connectivity index (χ4v) is 2.76. The predicted octanol–water partition coefficient (Wildman–Crippen LogP) is 3.19. The summed E-state index contributed by atoms with van der Waals surface area (Å²) in [6.07, 6.45) is 5.88. The minimum Gasteiger partial charge on any atom is -0.355 e. The van der Waals surface area contributed by atoms with Crippen molar-refractivity contribution in [1.29, 1.82) is 0 Å². The van der Waals surface area contributed by atoms with E-state index in [2.05, 4.69) is 10.6 Å². The van der Waals surface area contributed by atoms with E-state index in [-0.39, 0.29) is 18.4 Å². The first-order valence-corrected chi connectivity index (χ1v) is 9.60. The summed E-state index contributed by atoms with van der Waals surface area (Å²) in [5.41, 5.74) is 3.48. The number of carbonyl (C=O) groups is 2. The standard InChI is InChI=1S/C23H24N4O2/c1-2-15-24-22(29)16-25-21(28)14-13-19-17-27(20-11-7-4-8-12-20)26-23(19)18-9-5-3-6-10-18/h3-14,17H,2,15-16H2,1H3,(H,24,29)(H,25,28)/b14-13+. The van der Waals surface area contributed by atoms with E-state index >= 15 is 0 Å². The average molecular weight is 388 g/mol. The van der Waals surface area contributed by atoms with Gasteiger partial charge < -0.3 is 10.6 Å². The van der Waals surface area contributed by atoms with Crippen molar-refractivity contribution in [2.24, 2.45) is 0 Å². The Morgan fingerprint density at radius 1 is 1.00 bits per heavy atom. The molecule has 0 spiro atoms. The highest BCUT2D eigenvalue weighted by molar-refractivity contribution is 5.95. The summed E-state index contributed by atoms with van der Waals surface area (Å²) in [4.78, 5) is 23.7. The minimum atomic E-state index is -0.330. The van der Waals surface area contributed by atoms with Gasteiger partial charge in [0.2, 0.25) is 11.8 Å². The molecule has 0 aliphatic carbocycles. The van der Waals surface area contributed by atoms with Crippen LogP contribution in [0.4, 0.5) is 0 Å². The van der Waals surface area contributed by atoms with Gasteiger partial charge in [0, 0.05) is 29.9 Å². The van der Waals surface area contributed by atoms with Gasteiger partial charge >= 0.3 is 0 Å². The third-order valence-corrected chi connectivity index (χ3v) is 4.22. The molecule has 1 heterocycles. The van der Waals surface area contributed by atoms with Gasteiger partial charge in [-0.3, -0.25) is 9.59 Å². The lowest BCUT2D eigenvalue weighted by molar-refractivity contribution is -0.123. The average Bonchev–Trinajstić information content (AvgIpc) is 3.20. The zero-order chi connectivity index (χ0) is 20.5. The molecule has 0 fully saturated rings. The van der Waals surface area contributed by atoms with Gasteiger partial charge in [0.1, 0.15) is 0 Å². The highest BCUT2D eigenvalue weighted by Gasteiger charge is 2.11. The molecule has 0 saturated carbocycles. The number of carbonyl (C=O) groups excluding carboxylic acids is 2. The third kappa shape index (κ3) is 5.65. The van der Waals surface area contributed by atoms with Crippen LogP contribution >= 0.6 is 0 Å². The maximum Gasteiger partial charge on any atom is 0.244 e. The van der Waals surface area contributed by atoms with Crippen LogP contribution < -0.4 is 10.6 Å². The highest BCUT2D eigenvalue weighted by atomic mass is 16.2. The second kappa shape index (κ2) is 10.0. The molecule has 29 heavy (non-hydrogen) atoms. The molecule has 3 rings (SSSR count). The van der Waals surface area contributed by atoms with Crippen molar-refractivity contribution in [3.05, 3.63) is 78.5 Å². The van der Waals surface area contributed by atoms with Crippen LogP contribution in [0.15, 0.2) is 72.9 Å². The molecule has 148 valence electrons. The lowest BCUT2D eigenvalue weighted by Gasteiger charge is -2.03. The quantitative estimate of drug-likeness (QED) is 0.582. The van der Waals surface area contributed by atoms with Crippen LogP contribution in [0.5, 0.6) is 0 Å². The van der Waals surface area contributed by atoms with E-state index < -0.39 is 0 Å². The largest absolute Gasteiger partial charge is 0.355 e. The number of benzene rings is 2. The molecule has 2 N–H and O–H groups in total. The number of nitrogens with zero attached hydrogens (tertiary/aromatic N) is 2. The molecule has 1 aromatic heterocycles. The molecule has 6 nitrogen and oxygen atoms in total. The normalized spacial score (nSPS) is 10.8. The summed E-state index contributed by atoms with van der Waals surface area (Å²) >= 11 is 0. The number of rotatable bonds is 8. The van der Waals surface area contributed by atoms with Gasteiger partial charge in [-0.15, -0.1) is 0 Å². The van der Waals surface area contributed by atoms with E-state index in [4.69, 9.17) is 5.10 Å². The molecule has 0 aliphatic heterocycles. The molecule has 3 aromatic rings. The Morgan fingerprint density at radius 2 is 1.69 bits per heavy atom. The Bertz CT molecular complexity index is 979. The van der Waals surface area contributed by atoms with Crippen LogP contribution in [0.3, 0.4) is 0 Å². The second-order valence-electron chi connectivity index (χ2n) is 6.48. The predicted molar refractivity (Wildman–Crippen MR) is 114 cm³/mol. The van der Waals surface area contributed by atoms with Crippen molar-refractivity contribution in [3.8, 4) is 16.9 Å². The maximum atomic E-state index is 12.1. The van der Waals surface area contributed by atoms with Crippen molar-refractivity contribution in [1.82, 2.24) is 20.4 Å². The van der Waals surface area contributed by atoms with E-state index in [0.29, 0.717) is 6.54 Å². The van der Waals surface area contributed by atoms with Crippen molar-refractivity contribution >= 4 is 17.9 Å². The molecule has 6 heteroatoms. The second-order valence-corrected chi connectivity index (χ2v) is 6.48. The summed E-state index contributed by atoms with van der Waals surface area (Å²) < 4.78 is 1.79. The Hall–Kier alpha value is -3.67. The topological polar surface area (TPSA) is 76.0 Å². The van der Waals surface area contributed by atoms with E-state index in [1.807, 2.05) is 73.8 Å². The fourth-order valence-electron chi connectivity index (χ4n) is 2.76. The Kier molecular flexibility index (Phi) is 6.95. The summed E-state index contributed by atoms with van der Waals surface area (Å²) in [6.45, 7) is 2.53.